The fourth-order valence-corrected chi connectivity index (χ4v) is 2.94. The molecule has 1 atom stereocenters. The maximum atomic E-state index is 13.5. The molecule has 3 aromatic rings. The first-order chi connectivity index (χ1) is 12.9. The number of ether oxygens (including phenoxy) is 1. The molecule has 0 spiro atoms. The van der Waals surface area contributed by atoms with E-state index in [0.717, 1.165) is 18.9 Å². The highest BCUT2D eigenvalue weighted by molar-refractivity contribution is 5.93. The lowest BCUT2D eigenvalue weighted by Crippen LogP contribution is -2.32. The number of fused-ring (bicyclic) bond motifs is 1. The Hall–Kier alpha value is -2.88. The molecule has 0 aliphatic carbocycles. The molecule has 0 aromatic carbocycles. The SMILES string of the molecule is O=C(NC[C@H]1CCCO1)c1cc2nc(-c3ccco3)cc(C(F)(F)F)n2n1. The average Bonchev–Trinajstić information content (AvgIpc) is 3.38. The van der Waals surface area contributed by atoms with E-state index >= 15 is 0 Å². The van der Waals surface area contributed by atoms with E-state index in [9.17, 15) is 18.0 Å². The normalized spacial score (nSPS) is 17.5. The van der Waals surface area contributed by atoms with E-state index in [1.807, 2.05) is 0 Å². The van der Waals surface area contributed by atoms with Crippen molar-refractivity contribution >= 4 is 11.6 Å². The summed E-state index contributed by atoms with van der Waals surface area (Å²) in [7, 11) is 0. The van der Waals surface area contributed by atoms with Crippen molar-refractivity contribution in [3.8, 4) is 11.5 Å². The number of hydrogen-bond acceptors (Lipinski definition) is 5. The van der Waals surface area contributed by atoms with Crippen LogP contribution in [0, 0.1) is 0 Å². The first-order valence-electron chi connectivity index (χ1n) is 8.33. The van der Waals surface area contributed by atoms with Crippen molar-refractivity contribution in [3.05, 3.63) is 41.9 Å². The summed E-state index contributed by atoms with van der Waals surface area (Å²) in [5.41, 5.74) is -1.29. The van der Waals surface area contributed by atoms with Gasteiger partial charge in [0.25, 0.3) is 5.91 Å². The first-order valence-corrected chi connectivity index (χ1v) is 8.33. The monoisotopic (exact) mass is 380 g/mol. The molecule has 1 fully saturated rings. The Labute approximate surface area is 151 Å². The van der Waals surface area contributed by atoms with E-state index < -0.39 is 17.8 Å². The van der Waals surface area contributed by atoms with Crippen molar-refractivity contribution in [2.24, 2.45) is 0 Å². The molecule has 1 N–H and O–H groups in total. The number of nitrogens with one attached hydrogen (secondary N) is 1. The lowest BCUT2D eigenvalue weighted by molar-refractivity contribution is -0.142. The molecule has 10 heteroatoms. The Balaban J connectivity index is 1.68. The summed E-state index contributed by atoms with van der Waals surface area (Å²) in [6.07, 6.45) is -1.67. The lowest BCUT2D eigenvalue weighted by atomic mass is 10.2. The number of rotatable bonds is 4. The fraction of sp³-hybridized carbons (Fsp3) is 0.353. The smallest absolute Gasteiger partial charge is 0.433 e. The predicted molar refractivity (Wildman–Crippen MR) is 87.0 cm³/mol. The van der Waals surface area contributed by atoms with Gasteiger partial charge >= 0.3 is 6.18 Å². The molecule has 3 aromatic heterocycles. The summed E-state index contributed by atoms with van der Waals surface area (Å²) in [5, 5.41) is 6.43. The zero-order valence-electron chi connectivity index (χ0n) is 14.0. The van der Waals surface area contributed by atoms with Crippen molar-refractivity contribution < 1.29 is 27.1 Å². The van der Waals surface area contributed by atoms with Gasteiger partial charge in [0.2, 0.25) is 0 Å². The molecule has 1 aliphatic heterocycles. The van der Waals surface area contributed by atoms with Gasteiger partial charge in [0.1, 0.15) is 5.69 Å². The summed E-state index contributed by atoms with van der Waals surface area (Å²) in [5.74, 6) is -0.391. The van der Waals surface area contributed by atoms with E-state index in [4.69, 9.17) is 9.15 Å². The minimum absolute atomic E-state index is 0.00559. The van der Waals surface area contributed by atoms with Crippen LogP contribution in [-0.4, -0.2) is 39.8 Å². The van der Waals surface area contributed by atoms with Crippen LogP contribution in [0.5, 0.6) is 0 Å². The molecule has 1 amide bonds. The molecule has 7 nitrogen and oxygen atoms in total. The highest BCUT2D eigenvalue weighted by atomic mass is 19.4. The number of carbonyl (C=O) groups excluding carboxylic acids is 1. The molecule has 0 bridgehead atoms. The summed E-state index contributed by atoms with van der Waals surface area (Å²) in [6.45, 7) is 0.924. The molecule has 0 radical (unpaired) electrons. The maximum Gasteiger partial charge on any atom is 0.433 e. The van der Waals surface area contributed by atoms with Crippen LogP contribution in [0.2, 0.25) is 0 Å². The second-order valence-electron chi connectivity index (χ2n) is 6.15. The van der Waals surface area contributed by atoms with E-state index in [-0.39, 0.29) is 35.4 Å². The van der Waals surface area contributed by atoms with Gasteiger partial charge in [0.15, 0.2) is 22.8 Å². The Morgan fingerprint density at radius 2 is 2.22 bits per heavy atom. The zero-order valence-corrected chi connectivity index (χ0v) is 14.0. The van der Waals surface area contributed by atoms with E-state index in [1.54, 1.807) is 6.07 Å². The van der Waals surface area contributed by atoms with Crippen molar-refractivity contribution in [1.82, 2.24) is 19.9 Å². The molecule has 0 saturated carbocycles. The van der Waals surface area contributed by atoms with Crippen LogP contribution >= 0.6 is 0 Å². The number of alkyl halides is 3. The number of carbonyl (C=O) groups is 1. The van der Waals surface area contributed by atoms with E-state index in [2.05, 4.69) is 15.4 Å². The molecule has 0 unspecified atom stereocenters. The van der Waals surface area contributed by atoms with Gasteiger partial charge in [-0.05, 0) is 31.0 Å². The Morgan fingerprint density at radius 1 is 1.37 bits per heavy atom. The van der Waals surface area contributed by atoms with Crippen LogP contribution in [0.25, 0.3) is 17.1 Å². The molecule has 142 valence electrons. The number of furan rings is 1. The maximum absolute atomic E-state index is 13.5. The number of amides is 1. The topological polar surface area (TPSA) is 81.7 Å². The van der Waals surface area contributed by atoms with Crippen LogP contribution < -0.4 is 5.32 Å². The molecule has 4 rings (SSSR count). The second-order valence-corrected chi connectivity index (χ2v) is 6.15. The van der Waals surface area contributed by atoms with Gasteiger partial charge in [-0.2, -0.15) is 18.3 Å². The van der Waals surface area contributed by atoms with E-state index in [0.29, 0.717) is 11.1 Å². The largest absolute Gasteiger partial charge is 0.463 e. The van der Waals surface area contributed by atoms with Gasteiger partial charge in [-0.25, -0.2) is 9.50 Å². The van der Waals surface area contributed by atoms with E-state index in [1.165, 1.54) is 18.4 Å². The lowest BCUT2D eigenvalue weighted by Gasteiger charge is -2.10. The third-order valence-electron chi connectivity index (χ3n) is 4.24. The molecule has 1 saturated heterocycles. The van der Waals surface area contributed by atoms with Crippen LogP contribution in [0.1, 0.15) is 29.0 Å². The fourth-order valence-electron chi connectivity index (χ4n) is 2.94. The number of halogens is 3. The Bertz CT molecular complexity index is 960. The zero-order chi connectivity index (χ0) is 19.0. The quantitative estimate of drug-likeness (QED) is 0.753. The third kappa shape index (κ3) is 3.52. The van der Waals surface area contributed by atoms with Crippen molar-refractivity contribution in [1.29, 1.82) is 0 Å². The average molecular weight is 380 g/mol. The van der Waals surface area contributed by atoms with Gasteiger partial charge in [-0.15, -0.1) is 0 Å². The molecular weight excluding hydrogens is 365 g/mol. The standard InChI is InChI=1S/C17H15F3N4O3/c18-17(19,20)14-7-11(13-4-2-6-27-13)22-15-8-12(23-24(14)15)16(25)21-9-10-3-1-5-26-10/h2,4,6-8,10H,1,3,5,9H2,(H,21,25)/t10-/m1/s1. The molecular formula is C17H15F3N4O3. The summed E-state index contributed by atoms with van der Waals surface area (Å²) >= 11 is 0. The highest BCUT2D eigenvalue weighted by Crippen LogP contribution is 2.32. The number of hydrogen-bond donors (Lipinski definition) is 1. The Kier molecular flexibility index (Phi) is 4.34. The Morgan fingerprint density at radius 3 is 2.89 bits per heavy atom. The third-order valence-corrected chi connectivity index (χ3v) is 4.24. The number of nitrogens with zero attached hydrogens (tertiary/aromatic N) is 3. The molecule has 27 heavy (non-hydrogen) atoms. The molecule has 1 aliphatic rings. The minimum atomic E-state index is -4.68. The number of aromatic nitrogens is 3. The van der Waals surface area contributed by atoms with Crippen LogP contribution in [-0.2, 0) is 10.9 Å². The van der Waals surface area contributed by atoms with Gasteiger partial charge in [-0.1, -0.05) is 0 Å². The minimum Gasteiger partial charge on any atom is -0.463 e. The van der Waals surface area contributed by atoms with Crippen molar-refractivity contribution in [3.63, 3.8) is 0 Å². The van der Waals surface area contributed by atoms with Crippen LogP contribution in [0.3, 0.4) is 0 Å². The second kappa shape index (κ2) is 6.69. The van der Waals surface area contributed by atoms with Crippen LogP contribution in [0.4, 0.5) is 13.2 Å². The van der Waals surface area contributed by atoms with Gasteiger partial charge < -0.3 is 14.5 Å². The summed E-state index contributed by atoms with van der Waals surface area (Å²) in [6, 6.07) is 5.11. The van der Waals surface area contributed by atoms with Gasteiger partial charge in [-0.3, -0.25) is 4.79 Å². The van der Waals surface area contributed by atoms with Gasteiger partial charge in [0, 0.05) is 19.2 Å². The highest BCUT2D eigenvalue weighted by Gasteiger charge is 2.36. The van der Waals surface area contributed by atoms with Gasteiger partial charge in [0.05, 0.1) is 12.4 Å². The van der Waals surface area contributed by atoms with Crippen molar-refractivity contribution in [2.45, 2.75) is 25.1 Å². The predicted octanol–water partition coefficient (Wildman–Crippen LogP) is 2.92. The molecule has 4 heterocycles. The van der Waals surface area contributed by atoms with Crippen molar-refractivity contribution in [2.75, 3.05) is 13.2 Å². The summed E-state index contributed by atoms with van der Waals surface area (Å²) < 4.78 is 51.6. The first kappa shape index (κ1) is 17.5. The summed E-state index contributed by atoms with van der Waals surface area (Å²) in [4.78, 5) is 16.4. The van der Waals surface area contributed by atoms with Crippen LogP contribution in [0.15, 0.2) is 34.9 Å².